The van der Waals surface area contributed by atoms with E-state index in [0.29, 0.717) is 11.4 Å². The maximum atomic E-state index is 13.1. The van der Waals surface area contributed by atoms with Crippen LogP contribution in [0.1, 0.15) is 11.1 Å². The zero-order chi connectivity index (χ0) is 18.3. The van der Waals surface area contributed by atoms with Gasteiger partial charge in [-0.05, 0) is 36.8 Å². The van der Waals surface area contributed by atoms with E-state index in [4.69, 9.17) is 4.74 Å². The third-order valence-corrected chi connectivity index (χ3v) is 4.41. The van der Waals surface area contributed by atoms with Crippen molar-refractivity contribution in [2.45, 2.75) is 12.6 Å². The molecule has 3 aromatic rings. The number of benzene rings is 2. The van der Waals surface area contributed by atoms with Crippen LogP contribution in [0.3, 0.4) is 0 Å². The summed E-state index contributed by atoms with van der Waals surface area (Å²) in [6, 6.07) is 12.7. The third kappa shape index (κ3) is 2.79. The van der Waals surface area contributed by atoms with Crippen molar-refractivity contribution < 1.29 is 17.9 Å². The predicted molar refractivity (Wildman–Crippen MR) is 92.7 cm³/mol. The van der Waals surface area contributed by atoms with Gasteiger partial charge in [0.1, 0.15) is 11.6 Å². The van der Waals surface area contributed by atoms with Crippen LogP contribution >= 0.6 is 0 Å². The smallest absolute Gasteiger partial charge is 0.416 e. The second kappa shape index (κ2) is 6.09. The molecule has 134 valence electrons. The Morgan fingerprint density at radius 3 is 2.69 bits per heavy atom. The highest BCUT2D eigenvalue weighted by atomic mass is 19.4. The Kier molecular flexibility index (Phi) is 3.86. The summed E-state index contributed by atoms with van der Waals surface area (Å²) in [6.45, 7) is 0.725. The van der Waals surface area contributed by atoms with Gasteiger partial charge in [-0.25, -0.2) is 4.68 Å². The molecular weight excluding hydrogens is 343 g/mol. The van der Waals surface area contributed by atoms with Crippen LogP contribution in [0.15, 0.2) is 48.5 Å². The Bertz CT molecular complexity index is 963. The van der Waals surface area contributed by atoms with Gasteiger partial charge in [0.05, 0.1) is 24.1 Å². The van der Waals surface area contributed by atoms with Gasteiger partial charge < -0.3 is 10.1 Å². The summed E-state index contributed by atoms with van der Waals surface area (Å²) in [6.07, 6.45) is -3.63. The summed E-state index contributed by atoms with van der Waals surface area (Å²) >= 11 is 0. The van der Waals surface area contributed by atoms with Crippen LogP contribution < -0.4 is 10.1 Å². The third-order valence-electron chi connectivity index (χ3n) is 4.41. The minimum atomic E-state index is -4.39. The first-order chi connectivity index (χ1) is 12.5. The van der Waals surface area contributed by atoms with Crippen molar-refractivity contribution in [3.63, 3.8) is 0 Å². The minimum absolute atomic E-state index is 0.375. The topological polar surface area (TPSA) is 39.1 Å². The number of hydrogen-bond donors (Lipinski definition) is 1. The Morgan fingerprint density at radius 1 is 1.12 bits per heavy atom. The lowest BCUT2D eigenvalue weighted by Gasteiger charge is -2.10. The monoisotopic (exact) mass is 359 g/mol. The summed E-state index contributed by atoms with van der Waals surface area (Å²) in [7, 11) is 1.59. The molecule has 4 rings (SSSR count). The number of alkyl halides is 3. The van der Waals surface area contributed by atoms with E-state index in [2.05, 4.69) is 10.4 Å². The van der Waals surface area contributed by atoms with Crippen LogP contribution in [0.2, 0.25) is 0 Å². The van der Waals surface area contributed by atoms with E-state index >= 15 is 0 Å². The molecule has 0 fully saturated rings. The SMILES string of the molecule is COc1cccc(-c2nn(-c3cccc(C(F)(F)F)c3)c3c2CCN3)c1. The summed E-state index contributed by atoms with van der Waals surface area (Å²) in [5, 5.41) is 7.83. The van der Waals surface area contributed by atoms with E-state index in [-0.39, 0.29) is 0 Å². The normalized spacial score (nSPS) is 13.4. The number of hydrogen-bond acceptors (Lipinski definition) is 3. The standard InChI is InChI=1S/C19H16F3N3O/c1-26-15-7-2-4-12(10-15)17-16-8-9-23-18(16)25(24-17)14-6-3-5-13(11-14)19(20,21)22/h2-7,10-11,23H,8-9H2,1H3. The van der Waals surface area contributed by atoms with Gasteiger partial charge >= 0.3 is 6.18 Å². The number of halogens is 3. The fourth-order valence-corrected chi connectivity index (χ4v) is 3.18. The lowest BCUT2D eigenvalue weighted by molar-refractivity contribution is -0.137. The average Bonchev–Trinajstić information content (AvgIpc) is 3.23. The van der Waals surface area contributed by atoms with Gasteiger partial charge in [0.15, 0.2) is 0 Å². The highest BCUT2D eigenvalue weighted by Crippen LogP contribution is 2.37. The van der Waals surface area contributed by atoms with Crippen molar-refractivity contribution in [1.29, 1.82) is 0 Å². The number of anilines is 1. The van der Waals surface area contributed by atoms with E-state index in [1.807, 2.05) is 24.3 Å². The first kappa shape index (κ1) is 16.5. The van der Waals surface area contributed by atoms with Crippen LogP contribution in [0.25, 0.3) is 16.9 Å². The molecule has 0 atom stereocenters. The number of fused-ring (bicyclic) bond motifs is 1. The molecule has 4 nitrogen and oxygen atoms in total. The molecule has 0 amide bonds. The first-order valence-corrected chi connectivity index (χ1v) is 8.15. The van der Waals surface area contributed by atoms with Gasteiger partial charge in [0, 0.05) is 17.7 Å². The lowest BCUT2D eigenvalue weighted by atomic mass is 10.1. The van der Waals surface area contributed by atoms with Crippen LogP contribution in [0, 0.1) is 0 Å². The maximum absolute atomic E-state index is 13.1. The second-order valence-electron chi connectivity index (χ2n) is 6.04. The van der Waals surface area contributed by atoms with Crippen LogP contribution in [-0.4, -0.2) is 23.4 Å². The summed E-state index contributed by atoms with van der Waals surface area (Å²) in [4.78, 5) is 0. The molecule has 0 spiro atoms. The minimum Gasteiger partial charge on any atom is -0.497 e. The van der Waals surface area contributed by atoms with Crippen LogP contribution in [-0.2, 0) is 12.6 Å². The molecule has 0 aliphatic carbocycles. The molecule has 7 heteroatoms. The number of ether oxygens (including phenoxy) is 1. The molecular formula is C19H16F3N3O. The number of rotatable bonds is 3. The maximum Gasteiger partial charge on any atom is 0.416 e. The number of methoxy groups -OCH3 is 1. The van der Waals surface area contributed by atoms with E-state index in [0.717, 1.165) is 47.7 Å². The fourth-order valence-electron chi connectivity index (χ4n) is 3.18. The zero-order valence-electron chi connectivity index (χ0n) is 14.0. The van der Waals surface area contributed by atoms with Gasteiger partial charge in [0.2, 0.25) is 0 Å². The van der Waals surface area contributed by atoms with Gasteiger partial charge in [-0.3, -0.25) is 0 Å². The fraction of sp³-hybridized carbons (Fsp3) is 0.211. The van der Waals surface area contributed by atoms with E-state index < -0.39 is 11.7 Å². The molecule has 1 aromatic heterocycles. The molecule has 0 saturated carbocycles. The van der Waals surface area contributed by atoms with Gasteiger partial charge in [-0.2, -0.15) is 18.3 Å². The highest BCUT2D eigenvalue weighted by Gasteiger charge is 2.31. The molecule has 1 aliphatic rings. The Hall–Kier alpha value is -2.96. The number of aromatic nitrogens is 2. The number of nitrogens with one attached hydrogen (secondary N) is 1. The number of nitrogens with zero attached hydrogens (tertiary/aromatic N) is 2. The molecule has 26 heavy (non-hydrogen) atoms. The molecule has 0 radical (unpaired) electrons. The quantitative estimate of drug-likeness (QED) is 0.747. The summed E-state index contributed by atoms with van der Waals surface area (Å²) < 4.78 is 46.0. The van der Waals surface area contributed by atoms with E-state index in [1.54, 1.807) is 17.9 Å². The average molecular weight is 359 g/mol. The molecule has 2 heterocycles. The van der Waals surface area contributed by atoms with Crippen molar-refractivity contribution in [3.8, 4) is 22.7 Å². The molecule has 0 unspecified atom stereocenters. The van der Waals surface area contributed by atoms with Crippen LogP contribution in [0.4, 0.5) is 19.0 Å². The van der Waals surface area contributed by atoms with E-state index in [1.165, 1.54) is 6.07 Å². The Labute approximate surface area is 148 Å². The second-order valence-corrected chi connectivity index (χ2v) is 6.04. The molecule has 0 bridgehead atoms. The van der Waals surface area contributed by atoms with Crippen molar-refractivity contribution in [1.82, 2.24) is 9.78 Å². The largest absolute Gasteiger partial charge is 0.497 e. The van der Waals surface area contributed by atoms with Crippen molar-refractivity contribution in [2.75, 3.05) is 19.0 Å². The van der Waals surface area contributed by atoms with Crippen molar-refractivity contribution >= 4 is 5.82 Å². The molecule has 1 N–H and O–H groups in total. The van der Waals surface area contributed by atoms with Gasteiger partial charge in [0.25, 0.3) is 0 Å². The Morgan fingerprint density at radius 2 is 1.92 bits per heavy atom. The Balaban J connectivity index is 1.85. The lowest BCUT2D eigenvalue weighted by Crippen LogP contribution is -2.08. The van der Waals surface area contributed by atoms with Gasteiger partial charge in [-0.15, -0.1) is 0 Å². The predicted octanol–water partition coefficient (Wildman–Crippen LogP) is 4.53. The molecule has 1 aliphatic heterocycles. The van der Waals surface area contributed by atoms with Crippen molar-refractivity contribution in [2.24, 2.45) is 0 Å². The molecule has 2 aromatic carbocycles. The van der Waals surface area contributed by atoms with Crippen LogP contribution in [0.5, 0.6) is 5.75 Å². The summed E-state index contributed by atoms with van der Waals surface area (Å²) in [5.41, 5.74) is 2.30. The van der Waals surface area contributed by atoms with Gasteiger partial charge in [-0.1, -0.05) is 18.2 Å². The molecule has 0 saturated heterocycles. The van der Waals surface area contributed by atoms with Crippen molar-refractivity contribution in [3.05, 3.63) is 59.7 Å². The summed E-state index contributed by atoms with van der Waals surface area (Å²) in [5.74, 6) is 1.44. The first-order valence-electron chi connectivity index (χ1n) is 8.15. The highest BCUT2D eigenvalue weighted by molar-refractivity contribution is 5.73. The zero-order valence-corrected chi connectivity index (χ0v) is 14.0. The van der Waals surface area contributed by atoms with E-state index in [9.17, 15) is 13.2 Å².